The van der Waals surface area contributed by atoms with E-state index < -0.39 is 0 Å². The molecule has 0 amide bonds. The van der Waals surface area contributed by atoms with Crippen LogP contribution in [0.5, 0.6) is 23.0 Å². The fourth-order valence-corrected chi connectivity index (χ4v) is 2.80. The van der Waals surface area contributed by atoms with Crippen LogP contribution < -0.4 is 14.2 Å². The summed E-state index contributed by atoms with van der Waals surface area (Å²) in [5.74, 6) is 1.25. The maximum atomic E-state index is 13.0. The number of fused-ring (bicyclic) bond motifs is 1. The minimum atomic E-state index is -0.167. The molecule has 3 rings (SSSR count). The summed E-state index contributed by atoms with van der Waals surface area (Å²) in [4.78, 5) is 13.0. The van der Waals surface area contributed by atoms with Crippen molar-refractivity contribution in [1.29, 1.82) is 0 Å². The van der Waals surface area contributed by atoms with E-state index in [2.05, 4.69) is 0 Å². The molecule has 0 bridgehead atoms. The van der Waals surface area contributed by atoms with Crippen molar-refractivity contribution in [3.8, 4) is 34.1 Å². The van der Waals surface area contributed by atoms with Crippen LogP contribution in [-0.2, 0) is 0 Å². The number of hydrogen-bond donors (Lipinski definition) is 1. The zero-order valence-corrected chi connectivity index (χ0v) is 14.2. The highest BCUT2D eigenvalue weighted by Gasteiger charge is 2.21. The van der Waals surface area contributed by atoms with E-state index in [0.717, 1.165) is 11.1 Å². The standard InChI is InChI=1S/C20H18O5/c1-23-17-10-13(11-18(24-2)20(17)25-3)19(22)16-8-5-12-4-6-14(21)7-9-15(12)16/h4-11,21H,1-3H3. The monoisotopic (exact) mass is 338 g/mol. The number of ketones is 1. The van der Waals surface area contributed by atoms with Gasteiger partial charge in [0.25, 0.3) is 0 Å². The molecule has 0 heterocycles. The lowest BCUT2D eigenvalue weighted by Crippen LogP contribution is -2.04. The molecule has 0 aliphatic heterocycles. The van der Waals surface area contributed by atoms with Gasteiger partial charge in [0, 0.05) is 11.1 Å². The molecule has 1 N–H and O–H groups in total. The first-order chi connectivity index (χ1) is 12.1. The van der Waals surface area contributed by atoms with E-state index in [0.29, 0.717) is 28.4 Å². The van der Waals surface area contributed by atoms with Gasteiger partial charge in [0.2, 0.25) is 5.75 Å². The van der Waals surface area contributed by atoms with Crippen LogP contribution in [0.4, 0.5) is 0 Å². The molecule has 0 radical (unpaired) electrons. The van der Waals surface area contributed by atoms with Gasteiger partial charge in [-0.15, -0.1) is 0 Å². The number of carbonyl (C=O) groups excluding carboxylic acids is 1. The average Bonchev–Trinajstić information content (AvgIpc) is 2.96. The van der Waals surface area contributed by atoms with Gasteiger partial charge >= 0.3 is 0 Å². The van der Waals surface area contributed by atoms with Gasteiger partial charge in [-0.25, -0.2) is 0 Å². The summed E-state index contributed by atoms with van der Waals surface area (Å²) >= 11 is 0. The summed E-state index contributed by atoms with van der Waals surface area (Å²) in [6, 6.07) is 13.5. The van der Waals surface area contributed by atoms with Gasteiger partial charge in [-0.05, 0) is 47.5 Å². The minimum absolute atomic E-state index is 0.141. The second-order valence-electron chi connectivity index (χ2n) is 5.45. The number of ether oxygens (including phenoxy) is 3. The van der Waals surface area contributed by atoms with E-state index in [1.54, 1.807) is 42.5 Å². The number of hydrogen-bond acceptors (Lipinski definition) is 5. The van der Waals surface area contributed by atoms with Crippen LogP contribution in [-0.4, -0.2) is 32.2 Å². The van der Waals surface area contributed by atoms with E-state index in [4.69, 9.17) is 14.2 Å². The van der Waals surface area contributed by atoms with E-state index in [-0.39, 0.29) is 11.5 Å². The zero-order chi connectivity index (χ0) is 18.0. The van der Waals surface area contributed by atoms with Crippen molar-refractivity contribution in [1.82, 2.24) is 0 Å². The third kappa shape index (κ3) is 2.96. The molecular formula is C20H18O5. The Morgan fingerprint density at radius 2 is 1.44 bits per heavy atom. The smallest absolute Gasteiger partial charge is 0.203 e. The molecule has 0 saturated heterocycles. The fraction of sp³-hybridized carbons (Fsp3) is 0.150. The molecule has 0 atom stereocenters. The summed E-state index contributed by atoms with van der Waals surface area (Å²) in [6.45, 7) is 0. The molecule has 25 heavy (non-hydrogen) atoms. The Morgan fingerprint density at radius 3 is 2.04 bits per heavy atom. The highest BCUT2D eigenvalue weighted by molar-refractivity contribution is 6.14. The van der Waals surface area contributed by atoms with Crippen LogP contribution in [0.2, 0.25) is 0 Å². The lowest BCUT2D eigenvalue weighted by molar-refractivity contribution is 0.103. The van der Waals surface area contributed by atoms with E-state index in [1.165, 1.54) is 21.3 Å². The summed E-state index contributed by atoms with van der Waals surface area (Å²) < 4.78 is 15.9. The maximum absolute atomic E-state index is 13.0. The average molecular weight is 338 g/mol. The Hall–Kier alpha value is -3.21. The van der Waals surface area contributed by atoms with Crippen LogP contribution in [0, 0.1) is 0 Å². The molecule has 2 aliphatic rings. The van der Waals surface area contributed by atoms with Gasteiger partial charge in [-0.3, -0.25) is 4.79 Å². The molecule has 2 aliphatic carbocycles. The molecular weight excluding hydrogens is 320 g/mol. The first kappa shape index (κ1) is 16.6. The Labute approximate surface area is 145 Å². The number of rotatable bonds is 5. The predicted octanol–water partition coefficient (Wildman–Crippen LogP) is 3.75. The molecule has 1 aromatic rings. The molecule has 0 unspecified atom stereocenters. The van der Waals surface area contributed by atoms with Crippen LogP contribution >= 0.6 is 0 Å². The van der Waals surface area contributed by atoms with Gasteiger partial charge in [-0.2, -0.15) is 0 Å². The normalized spacial score (nSPS) is 10.5. The van der Waals surface area contributed by atoms with Crippen LogP contribution in [0.1, 0.15) is 15.9 Å². The molecule has 0 fully saturated rings. The molecule has 128 valence electrons. The van der Waals surface area contributed by atoms with Gasteiger partial charge in [0.05, 0.1) is 21.3 Å². The number of aromatic hydroxyl groups is 1. The lowest BCUT2D eigenvalue weighted by Gasteiger charge is -2.13. The summed E-state index contributed by atoms with van der Waals surface area (Å²) in [7, 11) is 4.53. The van der Waals surface area contributed by atoms with Crippen LogP contribution in [0.15, 0.2) is 48.5 Å². The van der Waals surface area contributed by atoms with Crippen LogP contribution in [0.3, 0.4) is 0 Å². The van der Waals surface area contributed by atoms with Crippen molar-refractivity contribution >= 4 is 5.78 Å². The molecule has 5 nitrogen and oxygen atoms in total. The number of benzene rings is 1. The topological polar surface area (TPSA) is 65.0 Å². The van der Waals surface area contributed by atoms with Crippen molar-refractivity contribution in [2.24, 2.45) is 0 Å². The highest BCUT2D eigenvalue weighted by Crippen LogP contribution is 2.39. The SMILES string of the molecule is COc1cc(C(=O)c2ccc3ccc(O)ccc2-3)cc(OC)c1OC. The number of methoxy groups -OCH3 is 3. The Balaban J connectivity index is 2.11. The third-order valence-electron chi connectivity index (χ3n) is 4.06. The summed E-state index contributed by atoms with van der Waals surface area (Å²) in [5, 5.41) is 9.63. The zero-order valence-electron chi connectivity index (χ0n) is 14.2. The Bertz CT molecular complexity index is 875. The first-order valence-electron chi connectivity index (χ1n) is 7.65. The van der Waals surface area contributed by atoms with E-state index in [1.807, 2.05) is 6.07 Å². The van der Waals surface area contributed by atoms with Crippen molar-refractivity contribution in [2.75, 3.05) is 21.3 Å². The maximum Gasteiger partial charge on any atom is 0.203 e. The van der Waals surface area contributed by atoms with Gasteiger partial charge in [0.1, 0.15) is 5.75 Å². The third-order valence-corrected chi connectivity index (χ3v) is 4.06. The largest absolute Gasteiger partial charge is 0.508 e. The van der Waals surface area contributed by atoms with Gasteiger partial charge in [-0.1, -0.05) is 12.1 Å². The van der Waals surface area contributed by atoms with Gasteiger partial charge < -0.3 is 19.3 Å². The Morgan fingerprint density at radius 1 is 0.840 bits per heavy atom. The van der Waals surface area contributed by atoms with E-state index in [9.17, 15) is 9.90 Å². The molecule has 0 aromatic heterocycles. The first-order valence-corrected chi connectivity index (χ1v) is 7.65. The van der Waals surface area contributed by atoms with Gasteiger partial charge in [0.15, 0.2) is 17.3 Å². The lowest BCUT2D eigenvalue weighted by atomic mass is 10.00. The van der Waals surface area contributed by atoms with Crippen molar-refractivity contribution in [3.63, 3.8) is 0 Å². The Kier molecular flexibility index (Phi) is 4.48. The van der Waals surface area contributed by atoms with Crippen molar-refractivity contribution < 1.29 is 24.1 Å². The van der Waals surface area contributed by atoms with Crippen LogP contribution in [0.25, 0.3) is 11.1 Å². The second kappa shape index (κ2) is 6.73. The molecule has 5 heteroatoms. The predicted molar refractivity (Wildman–Crippen MR) is 94.3 cm³/mol. The summed E-state index contributed by atoms with van der Waals surface area (Å²) in [5.41, 5.74) is 2.60. The highest BCUT2D eigenvalue weighted by atomic mass is 16.5. The molecule has 0 spiro atoms. The fourth-order valence-electron chi connectivity index (χ4n) is 2.80. The number of carbonyl (C=O) groups is 1. The van der Waals surface area contributed by atoms with Crippen molar-refractivity contribution in [2.45, 2.75) is 0 Å². The minimum Gasteiger partial charge on any atom is -0.508 e. The summed E-state index contributed by atoms with van der Waals surface area (Å²) in [6.07, 6.45) is 0. The second-order valence-corrected chi connectivity index (χ2v) is 5.45. The quantitative estimate of drug-likeness (QED) is 0.718. The van der Waals surface area contributed by atoms with Crippen molar-refractivity contribution in [3.05, 3.63) is 59.7 Å². The molecule has 0 saturated carbocycles. The van der Waals surface area contributed by atoms with E-state index >= 15 is 0 Å². The molecule has 1 aromatic carbocycles.